The van der Waals surface area contributed by atoms with Crippen LogP contribution in [0.2, 0.25) is 0 Å². The molecule has 0 amide bonds. The molecule has 0 radical (unpaired) electrons. The first-order valence-electron chi connectivity index (χ1n) is 4.98. The molecule has 1 saturated carbocycles. The maximum atomic E-state index is 11.4. The molecule has 1 aliphatic rings. The van der Waals surface area contributed by atoms with Crippen LogP contribution in [0.15, 0.2) is 9.95 Å². The van der Waals surface area contributed by atoms with Crippen LogP contribution in [0.1, 0.15) is 32.7 Å². The summed E-state index contributed by atoms with van der Waals surface area (Å²) in [6, 6.07) is 0.413. The molecule has 1 fully saturated rings. The molecule has 0 unspecified atom stereocenters. The summed E-state index contributed by atoms with van der Waals surface area (Å²) in [5, 5.41) is 7.41. The molecule has 78 valence electrons. The topological polar surface area (TPSA) is 50.7 Å². The molecule has 2 rings (SSSR count). The smallest absolute Gasteiger partial charge is 0.267 e. The highest BCUT2D eigenvalue weighted by atomic mass is 32.2. The standard InChI is InChI=1S/C9H15N3OS/c1-6(2)5-14-9-11-10-8(13)12(9)7-3-4-7/h6-7H,3-5H2,1-2H3,(H,10,13). The van der Waals surface area contributed by atoms with Gasteiger partial charge in [-0.1, -0.05) is 25.6 Å². The summed E-state index contributed by atoms with van der Waals surface area (Å²) >= 11 is 1.66. The van der Waals surface area contributed by atoms with Crippen LogP contribution >= 0.6 is 11.8 Å². The van der Waals surface area contributed by atoms with Gasteiger partial charge in [-0.3, -0.25) is 4.57 Å². The van der Waals surface area contributed by atoms with Gasteiger partial charge in [-0.05, 0) is 18.8 Å². The van der Waals surface area contributed by atoms with Crippen molar-refractivity contribution in [3.8, 4) is 0 Å². The summed E-state index contributed by atoms with van der Waals surface area (Å²) < 4.78 is 1.80. The molecule has 1 aromatic rings. The van der Waals surface area contributed by atoms with Gasteiger partial charge in [0.25, 0.3) is 0 Å². The van der Waals surface area contributed by atoms with Gasteiger partial charge >= 0.3 is 5.69 Å². The number of thioether (sulfide) groups is 1. The van der Waals surface area contributed by atoms with Gasteiger partial charge in [-0.25, -0.2) is 9.89 Å². The molecule has 1 aromatic heterocycles. The van der Waals surface area contributed by atoms with Crippen LogP contribution < -0.4 is 5.69 Å². The lowest BCUT2D eigenvalue weighted by Gasteiger charge is -2.04. The molecular weight excluding hydrogens is 198 g/mol. The zero-order valence-corrected chi connectivity index (χ0v) is 9.30. The van der Waals surface area contributed by atoms with E-state index in [4.69, 9.17) is 0 Å². The maximum absolute atomic E-state index is 11.4. The van der Waals surface area contributed by atoms with Gasteiger partial charge < -0.3 is 0 Å². The Balaban J connectivity index is 2.12. The van der Waals surface area contributed by atoms with Gasteiger partial charge in [0.2, 0.25) is 0 Å². The number of nitrogens with zero attached hydrogens (tertiary/aromatic N) is 2. The highest BCUT2D eigenvalue weighted by molar-refractivity contribution is 7.99. The van der Waals surface area contributed by atoms with Crippen molar-refractivity contribution in [2.45, 2.75) is 37.9 Å². The fraction of sp³-hybridized carbons (Fsp3) is 0.778. The molecule has 0 saturated heterocycles. The van der Waals surface area contributed by atoms with Gasteiger partial charge in [0.05, 0.1) is 0 Å². The number of aromatic nitrogens is 3. The van der Waals surface area contributed by atoms with Crippen LogP contribution in [0.3, 0.4) is 0 Å². The van der Waals surface area contributed by atoms with Crippen molar-refractivity contribution < 1.29 is 0 Å². The van der Waals surface area contributed by atoms with E-state index in [9.17, 15) is 4.79 Å². The van der Waals surface area contributed by atoms with E-state index in [2.05, 4.69) is 24.0 Å². The minimum Gasteiger partial charge on any atom is -0.267 e. The minimum atomic E-state index is -0.0567. The predicted octanol–water partition coefficient (Wildman–Crippen LogP) is 1.65. The van der Waals surface area contributed by atoms with Gasteiger partial charge in [-0.2, -0.15) is 0 Å². The van der Waals surface area contributed by atoms with Crippen molar-refractivity contribution in [2.75, 3.05) is 5.75 Å². The van der Waals surface area contributed by atoms with Gasteiger partial charge in [-0.15, -0.1) is 5.10 Å². The Labute approximate surface area is 87.1 Å². The zero-order chi connectivity index (χ0) is 10.1. The van der Waals surface area contributed by atoms with Gasteiger partial charge in [0.15, 0.2) is 5.16 Å². The first-order chi connectivity index (χ1) is 6.68. The molecule has 5 heteroatoms. The number of hydrogen-bond donors (Lipinski definition) is 1. The van der Waals surface area contributed by atoms with E-state index >= 15 is 0 Å². The van der Waals surface area contributed by atoms with Gasteiger partial charge in [0, 0.05) is 11.8 Å². The zero-order valence-electron chi connectivity index (χ0n) is 8.49. The number of rotatable bonds is 4. The van der Waals surface area contributed by atoms with Crippen molar-refractivity contribution in [3.63, 3.8) is 0 Å². The molecule has 14 heavy (non-hydrogen) atoms. The third-order valence-electron chi connectivity index (χ3n) is 2.13. The van der Waals surface area contributed by atoms with Crippen LogP contribution in [0.25, 0.3) is 0 Å². The van der Waals surface area contributed by atoms with Crippen molar-refractivity contribution in [1.29, 1.82) is 0 Å². The highest BCUT2D eigenvalue weighted by Crippen LogP contribution is 2.36. The highest BCUT2D eigenvalue weighted by Gasteiger charge is 2.28. The Bertz CT molecular complexity index is 364. The average Bonchev–Trinajstić information content (AvgIpc) is 2.88. The van der Waals surface area contributed by atoms with Gasteiger partial charge in [0.1, 0.15) is 0 Å². The van der Waals surface area contributed by atoms with Crippen LogP contribution in [0.4, 0.5) is 0 Å². The second-order valence-electron chi connectivity index (χ2n) is 4.12. The molecule has 0 spiro atoms. The quantitative estimate of drug-likeness (QED) is 0.774. The van der Waals surface area contributed by atoms with E-state index in [0.29, 0.717) is 12.0 Å². The normalized spacial score (nSPS) is 16.5. The maximum Gasteiger partial charge on any atom is 0.344 e. The van der Waals surface area contributed by atoms with Crippen molar-refractivity contribution >= 4 is 11.8 Å². The molecule has 1 heterocycles. The van der Waals surface area contributed by atoms with Crippen LogP contribution in [-0.4, -0.2) is 20.5 Å². The van der Waals surface area contributed by atoms with Crippen LogP contribution in [-0.2, 0) is 0 Å². The Morgan fingerprint density at radius 2 is 2.36 bits per heavy atom. The summed E-state index contributed by atoms with van der Waals surface area (Å²) in [6.45, 7) is 4.33. The Morgan fingerprint density at radius 3 is 2.93 bits per heavy atom. The van der Waals surface area contributed by atoms with Crippen LogP contribution in [0, 0.1) is 5.92 Å². The van der Waals surface area contributed by atoms with E-state index in [0.717, 1.165) is 23.8 Å². The molecule has 0 bridgehead atoms. The molecule has 1 aliphatic carbocycles. The number of H-pyrrole nitrogens is 1. The predicted molar refractivity (Wildman–Crippen MR) is 56.7 cm³/mol. The summed E-state index contributed by atoms with van der Waals surface area (Å²) in [6.07, 6.45) is 2.24. The molecule has 4 nitrogen and oxygen atoms in total. The largest absolute Gasteiger partial charge is 0.344 e. The van der Waals surface area contributed by atoms with Crippen molar-refractivity contribution in [2.24, 2.45) is 5.92 Å². The number of hydrogen-bond acceptors (Lipinski definition) is 3. The van der Waals surface area contributed by atoms with E-state index in [1.165, 1.54) is 0 Å². The summed E-state index contributed by atoms with van der Waals surface area (Å²) in [5.74, 6) is 1.64. The first-order valence-corrected chi connectivity index (χ1v) is 5.96. The fourth-order valence-electron chi connectivity index (χ4n) is 1.29. The Morgan fingerprint density at radius 1 is 1.64 bits per heavy atom. The molecule has 0 aliphatic heterocycles. The fourth-order valence-corrected chi connectivity index (χ4v) is 2.25. The molecule has 0 atom stereocenters. The molecule has 0 aromatic carbocycles. The van der Waals surface area contributed by atoms with E-state index < -0.39 is 0 Å². The van der Waals surface area contributed by atoms with E-state index in [-0.39, 0.29) is 5.69 Å². The van der Waals surface area contributed by atoms with Crippen LogP contribution in [0.5, 0.6) is 0 Å². The average molecular weight is 213 g/mol. The third-order valence-corrected chi connectivity index (χ3v) is 3.51. The summed E-state index contributed by atoms with van der Waals surface area (Å²) in [7, 11) is 0. The lowest BCUT2D eigenvalue weighted by atomic mass is 10.3. The van der Waals surface area contributed by atoms with E-state index in [1.807, 2.05) is 0 Å². The lowest BCUT2D eigenvalue weighted by molar-refractivity contribution is 0.640. The minimum absolute atomic E-state index is 0.0567. The Kier molecular flexibility index (Phi) is 2.67. The molecular formula is C9H15N3OS. The summed E-state index contributed by atoms with van der Waals surface area (Å²) in [4.78, 5) is 11.4. The second-order valence-corrected chi connectivity index (χ2v) is 5.10. The lowest BCUT2D eigenvalue weighted by Crippen LogP contribution is -2.16. The monoisotopic (exact) mass is 213 g/mol. The second kappa shape index (κ2) is 3.81. The van der Waals surface area contributed by atoms with E-state index in [1.54, 1.807) is 16.3 Å². The SMILES string of the molecule is CC(C)CSc1n[nH]c(=O)n1C1CC1. The Hall–Kier alpha value is -0.710. The van der Waals surface area contributed by atoms with Crippen molar-refractivity contribution in [1.82, 2.24) is 14.8 Å². The summed E-state index contributed by atoms with van der Waals surface area (Å²) in [5.41, 5.74) is -0.0567. The molecule has 1 N–H and O–H groups in total. The third kappa shape index (κ3) is 2.03. The number of nitrogens with one attached hydrogen (secondary N) is 1. The number of aromatic amines is 1. The van der Waals surface area contributed by atoms with Crippen molar-refractivity contribution in [3.05, 3.63) is 10.5 Å². The first kappa shape index (κ1) is 9.83.